The van der Waals surface area contributed by atoms with Crippen molar-refractivity contribution in [2.24, 2.45) is 0 Å². The van der Waals surface area contributed by atoms with Gasteiger partial charge in [-0.05, 0) is 69.8 Å². The second-order valence-corrected chi connectivity index (χ2v) is 9.69. The number of hydrogen-bond donors (Lipinski definition) is 0. The van der Waals surface area contributed by atoms with Crippen LogP contribution in [0.1, 0.15) is 13.7 Å². The van der Waals surface area contributed by atoms with Gasteiger partial charge in [-0.25, -0.2) is 0 Å². The zero-order valence-corrected chi connectivity index (χ0v) is 21.5. The van der Waals surface area contributed by atoms with Gasteiger partial charge in [0.1, 0.15) is 0 Å². The molecule has 1 heterocycles. The summed E-state index contributed by atoms with van der Waals surface area (Å²) in [6.07, 6.45) is 0. The molecule has 0 spiro atoms. The SMILES string of the molecule is [2H]c1c([2H])c([2H])c(-c2cc(-c3c([2H])c([2H])c([2H])c([2H])c3[2H])cc(-n3c4ccccc4c4ccc(-c5ccccc5Br)cc43)c2)c([2H])c1[2H]. The molecule has 0 saturated heterocycles. The van der Waals surface area contributed by atoms with Crippen LogP contribution >= 0.6 is 15.9 Å². The molecule has 0 radical (unpaired) electrons. The second-order valence-electron chi connectivity index (χ2n) is 8.83. The van der Waals surface area contributed by atoms with Crippen LogP contribution in [0.2, 0.25) is 0 Å². The normalized spacial score (nSPS) is 15.0. The van der Waals surface area contributed by atoms with Crippen molar-refractivity contribution in [1.29, 1.82) is 0 Å². The van der Waals surface area contributed by atoms with Crippen LogP contribution in [0, 0.1) is 0 Å². The number of halogens is 1. The van der Waals surface area contributed by atoms with E-state index in [-0.39, 0.29) is 22.3 Å². The molecule has 180 valence electrons. The number of para-hydroxylation sites is 1. The lowest BCUT2D eigenvalue weighted by Gasteiger charge is -2.14. The van der Waals surface area contributed by atoms with E-state index in [1.165, 1.54) is 6.07 Å². The first kappa shape index (κ1) is 14.5. The van der Waals surface area contributed by atoms with Crippen LogP contribution in [0.25, 0.3) is 60.9 Å². The van der Waals surface area contributed by atoms with Crippen LogP contribution in [0.15, 0.2) is 150 Å². The molecular formula is C36H24BrN. The van der Waals surface area contributed by atoms with Crippen LogP contribution in [0.4, 0.5) is 0 Å². The molecule has 0 aliphatic heterocycles. The monoisotopic (exact) mass is 559 g/mol. The molecule has 0 fully saturated rings. The first-order valence-corrected chi connectivity index (χ1v) is 12.8. The van der Waals surface area contributed by atoms with E-state index in [1.807, 2.05) is 65.2 Å². The zero-order valence-electron chi connectivity index (χ0n) is 29.9. The smallest absolute Gasteiger partial charge is 0.0629 e. The van der Waals surface area contributed by atoms with Crippen molar-refractivity contribution in [3.05, 3.63) is 150 Å². The molecule has 7 rings (SSSR count). The van der Waals surface area contributed by atoms with E-state index in [9.17, 15) is 0 Å². The Balaban J connectivity index is 1.63. The van der Waals surface area contributed by atoms with E-state index in [0.717, 1.165) is 37.4 Å². The van der Waals surface area contributed by atoms with Gasteiger partial charge in [0.15, 0.2) is 0 Å². The third-order valence-electron chi connectivity index (χ3n) is 6.61. The summed E-state index contributed by atoms with van der Waals surface area (Å²) < 4.78 is 87.4. The highest BCUT2D eigenvalue weighted by Gasteiger charge is 2.16. The van der Waals surface area contributed by atoms with Crippen molar-refractivity contribution in [2.45, 2.75) is 0 Å². The molecule has 0 bridgehead atoms. The summed E-state index contributed by atoms with van der Waals surface area (Å²) in [5, 5.41) is 1.89. The predicted octanol–water partition coefficient (Wildman–Crippen LogP) is 10.5. The lowest BCUT2D eigenvalue weighted by molar-refractivity contribution is 1.18. The molecule has 0 aliphatic carbocycles. The molecule has 6 aromatic carbocycles. The van der Waals surface area contributed by atoms with E-state index >= 15 is 0 Å². The van der Waals surface area contributed by atoms with Gasteiger partial charge in [0.2, 0.25) is 0 Å². The summed E-state index contributed by atoms with van der Waals surface area (Å²) in [5.74, 6) is 0. The third-order valence-corrected chi connectivity index (χ3v) is 7.30. The minimum Gasteiger partial charge on any atom is -0.309 e. The van der Waals surface area contributed by atoms with Gasteiger partial charge in [-0.2, -0.15) is 0 Å². The molecule has 0 saturated carbocycles. The number of benzene rings is 6. The predicted molar refractivity (Wildman–Crippen MR) is 165 cm³/mol. The quantitative estimate of drug-likeness (QED) is 0.202. The van der Waals surface area contributed by atoms with Gasteiger partial charge in [-0.1, -0.05) is 125 Å². The third kappa shape index (κ3) is 3.95. The van der Waals surface area contributed by atoms with Gasteiger partial charge in [-0.15, -0.1) is 0 Å². The number of fused-ring (bicyclic) bond motifs is 3. The molecule has 1 aromatic heterocycles. The molecule has 0 amide bonds. The van der Waals surface area contributed by atoms with Crippen molar-refractivity contribution in [1.82, 2.24) is 4.57 Å². The largest absolute Gasteiger partial charge is 0.309 e. The van der Waals surface area contributed by atoms with Crippen LogP contribution in [-0.4, -0.2) is 4.57 Å². The minimum atomic E-state index is -0.530. The average molecular weight is 561 g/mol. The molecule has 38 heavy (non-hydrogen) atoms. The fraction of sp³-hybridized carbons (Fsp3) is 0. The van der Waals surface area contributed by atoms with Crippen LogP contribution in [-0.2, 0) is 0 Å². The summed E-state index contributed by atoms with van der Waals surface area (Å²) in [5.41, 5.74) is 4.40. The molecule has 0 atom stereocenters. The van der Waals surface area contributed by atoms with E-state index in [0.29, 0.717) is 5.69 Å². The van der Waals surface area contributed by atoms with E-state index in [2.05, 4.69) is 22.0 Å². The van der Waals surface area contributed by atoms with E-state index in [1.54, 1.807) is 12.1 Å². The van der Waals surface area contributed by atoms with Crippen molar-refractivity contribution < 1.29 is 13.7 Å². The van der Waals surface area contributed by atoms with Crippen LogP contribution < -0.4 is 0 Å². The highest BCUT2D eigenvalue weighted by Crippen LogP contribution is 2.38. The summed E-state index contributed by atoms with van der Waals surface area (Å²) in [6, 6.07) is 22.0. The Morgan fingerprint density at radius 1 is 0.500 bits per heavy atom. The van der Waals surface area contributed by atoms with Gasteiger partial charge >= 0.3 is 0 Å². The number of nitrogens with zero attached hydrogens (tertiary/aromatic N) is 1. The van der Waals surface area contributed by atoms with Gasteiger partial charge in [0.05, 0.1) is 24.7 Å². The molecule has 1 nitrogen and oxygen atoms in total. The maximum atomic E-state index is 8.74. The fourth-order valence-corrected chi connectivity index (χ4v) is 5.44. The molecule has 0 aliphatic rings. The fourth-order valence-electron chi connectivity index (χ4n) is 4.93. The maximum absolute atomic E-state index is 8.74. The Morgan fingerprint density at radius 2 is 1.11 bits per heavy atom. The maximum Gasteiger partial charge on any atom is 0.0629 e. The summed E-state index contributed by atoms with van der Waals surface area (Å²) >= 11 is 3.66. The van der Waals surface area contributed by atoms with Gasteiger partial charge in [-0.3, -0.25) is 0 Å². The first-order chi connectivity index (χ1) is 22.9. The number of rotatable bonds is 4. The highest BCUT2D eigenvalue weighted by atomic mass is 79.9. The molecular weight excluding hydrogens is 526 g/mol. The van der Waals surface area contributed by atoms with Gasteiger partial charge in [0.25, 0.3) is 0 Å². The Kier molecular flexibility index (Phi) is 3.62. The van der Waals surface area contributed by atoms with Crippen LogP contribution in [0.5, 0.6) is 0 Å². The minimum absolute atomic E-state index is 0.0638. The number of aromatic nitrogens is 1. The van der Waals surface area contributed by atoms with Crippen molar-refractivity contribution in [2.75, 3.05) is 0 Å². The lowest BCUT2D eigenvalue weighted by Crippen LogP contribution is -1.96. The molecule has 7 aromatic rings. The second kappa shape index (κ2) is 9.48. The molecule has 0 N–H and O–H groups in total. The first-order valence-electron chi connectivity index (χ1n) is 17.0. The summed E-state index contributed by atoms with van der Waals surface area (Å²) in [6.45, 7) is 0. The number of hydrogen-bond acceptors (Lipinski definition) is 0. The van der Waals surface area contributed by atoms with Crippen molar-refractivity contribution >= 4 is 37.7 Å². The Bertz CT molecular complexity index is 2340. The highest BCUT2D eigenvalue weighted by molar-refractivity contribution is 9.10. The van der Waals surface area contributed by atoms with Gasteiger partial charge < -0.3 is 4.57 Å². The van der Waals surface area contributed by atoms with Crippen molar-refractivity contribution in [3.8, 4) is 39.1 Å². The van der Waals surface area contributed by atoms with E-state index in [4.69, 9.17) is 13.7 Å². The zero-order chi connectivity index (χ0) is 34.2. The van der Waals surface area contributed by atoms with E-state index < -0.39 is 60.4 Å². The summed E-state index contributed by atoms with van der Waals surface area (Å²) in [7, 11) is 0. The molecule has 2 heteroatoms. The Hall–Kier alpha value is -4.40. The summed E-state index contributed by atoms with van der Waals surface area (Å²) in [4.78, 5) is 0. The van der Waals surface area contributed by atoms with Crippen molar-refractivity contribution in [3.63, 3.8) is 0 Å². The topological polar surface area (TPSA) is 4.93 Å². The van der Waals surface area contributed by atoms with Crippen LogP contribution in [0.3, 0.4) is 0 Å². The van der Waals surface area contributed by atoms with Gasteiger partial charge in [0, 0.05) is 20.9 Å². The Labute approximate surface area is 244 Å². The lowest BCUT2D eigenvalue weighted by atomic mass is 9.98. The Morgan fingerprint density at radius 3 is 1.79 bits per heavy atom. The average Bonchev–Trinajstić information content (AvgIpc) is 3.42. The molecule has 0 unspecified atom stereocenters. The standard InChI is InChI=1S/C36H24BrN/c37-34-17-9-7-15-31(34)27-19-20-33-32-16-8-10-18-35(32)38(36(33)24-27)30-22-28(25-11-3-1-4-12-25)21-29(23-30)26-13-5-2-6-14-26/h1-24H/i1D,2D,3D,4D,5D,6D,11D,12D,13D,14D.